The molecule has 0 rings (SSSR count). The Kier molecular flexibility index (Phi) is 7.67. The fourth-order valence-corrected chi connectivity index (χ4v) is 1.13. The van der Waals surface area contributed by atoms with E-state index in [-0.39, 0.29) is 25.2 Å². The molecule has 0 unspecified atom stereocenters. The first-order valence-electron chi connectivity index (χ1n) is 5.65. The van der Waals surface area contributed by atoms with E-state index in [1.807, 2.05) is 6.92 Å². The summed E-state index contributed by atoms with van der Waals surface area (Å²) in [6.45, 7) is 5.42. The zero-order valence-corrected chi connectivity index (χ0v) is 10.4. The molecule has 0 bridgehead atoms. The van der Waals surface area contributed by atoms with Crippen LogP contribution in [0.5, 0.6) is 0 Å². The first-order valence-corrected chi connectivity index (χ1v) is 5.65. The summed E-state index contributed by atoms with van der Waals surface area (Å²) < 4.78 is 9.37. The summed E-state index contributed by atoms with van der Waals surface area (Å²) in [7, 11) is 0. The van der Waals surface area contributed by atoms with Gasteiger partial charge in [-0.25, -0.2) is 9.59 Å². The Morgan fingerprint density at radius 2 is 1.59 bits per heavy atom. The van der Waals surface area contributed by atoms with Gasteiger partial charge in [-0.15, -0.1) is 0 Å². The van der Waals surface area contributed by atoms with Crippen molar-refractivity contribution in [1.29, 1.82) is 0 Å². The van der Waals surface area contributed by atoms with E-state index < -0.39 is 17.7 Å². The van der Waals surface area contributed by atoms with Gasteiger partial charge in [0.15, 0.2) is 5.78 Å². The molecule has 0 spiro atoms. The van der Waals surface area contributed by atoms with Gasteiger partial charge < -0.3 is 9.47 Å². The lowest BCUT2D eigenvalue weighted by Crippen LogP contribution is -2.18. The Bertz CT molecular complexity index is 297. The van der Waals surface area contributed by atoms with Gasteiger partial charge in [0, 0.05) is 12.5 Å². The number of ether oxygens (including phenoxy) is 2. The highest BCUT2D eigenvalue weighted by Gasteiger charge is 2.20. The summed E-state index contributed by atoms with van der Waals surface area (Å²) in [6, 6.07) is 0. The molecule has 17 heavy (non-hydrogen) atoms. The van der Waals surface area contributed by atoms with Crippen molar-refractivity contribution in [2.45, 2.75) is 33.6 Å². The van der Waals surface area contributed by atoms with E-state index in [1.165, 1.54) is 0 Å². The van der Waals surface area contributed by atoms with Crippen LogP contribution in [0.4, 0.5) is 0 Å². The summed E-state index contributed by atoms with van der Waals surface area (Å²) in [5.41, 5.74) is -0.243. The molecule has 96 valence electrons. The van der Waals surface area contributed by atoms with Crippen LogP contribution in [0.25, 0.3) is 0 Å². The molecule has 0 aromatic rings. The quantitative estimate of drug-likeness (QED) is 0.292. The van der Waals surface area contributed by atoms with Gasteiger partial charge in [0.05, 0.1) is 13.2 Å². The van der Waals surface area contributed by atoms with E-state index in [9.17, 15) is 14.4 Å². The molecule has 0 aromatic carbocycles. The Hall–Kier alpha value is -1.65. The molecular weight excluding hydrogens is 224 g/mol. The molecule has 0 aliphatic carbocycles. The maximum Gasteiger partial charge on any atom is 0.342 e. The minimum Gasteiger partial charge on any atom is -0.463 e. The number of ketones is 1. The van der Waals surface area contributed by atoms with Crippen molar-refractivity contribution < 1.29 is 23.9 Å². The lowest BCUT2D eigenvalue weighted by Gasteiger charge is -2.05. The van der Waals surface area contributed by atoms with Crippen LogP contribution in [0.3, 0.4) is 0 Å². The largest absolute Gasteiger partial charge is 0.463 e. The van der Waals surface area contributed by atoms with E-state index in [0.717, 1.165) is 6.08 Å². The van der Waals surface area contributed by atoms with Crippen molar-refractivity contribution in [2.75, 3.05) is 13.2 Å². The zero-order chi connectivity index (χ0) is 13.3. The highest BCUT2D eigenvalue weighted by Crippen LogP contribution is 2.06. The molecule has 0 aliphatic rings. The number of carbonyl (C=O) groups excluding carboxylic acids is 3. The van der Waals surface area contributed by atoms with Gasteiger partial charge in [-0.1, -0.05) is 6.92 Å². The molecule has 0 aliphatic heterocycles. The summed E-state index contributed by atoms with van der Waals surface area (Å²) in [4.78, 5) is 34.3. The molecule has 0 atom stereocenters. The zero-order valence-electron chi connectivity index (χ0n) is 10.4. The smallest absolute Gasteiger partial charge is 0.342 e. The topological polar surface area (TPSA) is 69.7 Å². The number of Topliss-reactive ketones (excluding diaryl/α,β-unsaturated/α-hetero) is 1. The van der Waals surface area contributed by atoms with Crippen LogP contribution >= 0.6 is 0 Å². The SMILES string of the molecule is CCCC(=O)/C(=C\C(=O)OCC)C(=O)OCC. The maximum absolute atomic E-state index is 11.6. The van der Waals surface area contributed by atoms with Crippen molar-refractivity contribution >= 4 is 17.7 Å². The summed E-state index contributed by atoms with van der Waals surface area (Å²) in [5.74, 6) is -1.89. The van der Waals surface area contributed by atoms with Gasteiger partial charge in [0.25, 0.3) is 0 Å². The van der Waals surface area contributed by atoms with Crippen LogP contribution in [0.2, 0.25) is 0 Å². The monoisotopic (exact) mass is 242 g/mol. The number of esters is 2. The summed E-state index contributed by atoms with van der Waals surface area (Å²) >= 11 is 0. The highest BCUT2D eigenvalue weighted by molar-refractivity contribution is 6.19. The van der Waals surface area contributed by atoms with Crippen LogP contribution in [0, 0.1) is 0 Å². The van der Waals surface area contributed by atoms with E-state index >= 15 is 0 Å². The average Bonchev–Trinajstić information content (AvgIpc) is 2.26. The molecule has 0 amide bonds. The fourth-order valence-electron chi connectivity index (χ4n) is 1.13. The van der Waals surface area contributed by atoms with Crippen LogP contribution in [0.15, 0.2) is 11.6 Å². The normalized spacial score (nSPS) is 10.9. The van der Waals surface area contributed by atoms with Crippen molar-refractivity contribution in [3.63, 3.8) is 0 Å². The van der Waals surface area contributed by atoms with Gasteiger partial charge in [0.1, 0.15) is 5.57 Å². The van der Waals surface area contributed by atoms with E-state index in [0.29, 0.717) is 6.42 Å². The van der Waals surface area contributed by atoms with Crippen molar-refractivity contribution in [1.82, 2.24) is 0 Å². The van der Waals surface area contributed by atoms with E-state index in [4.69, 9.17) is 4.74 Å². The molecule has 0 saturated heterocycles. The van der Waals surface area contributed by atoms with Crippen molar-refractivity contribution in [3.05, 3.63) is 11.6 Å². The van der Waals surface area contributed by atoms with Gasteiger partial charge in [-0.3, -0.25) is 4.79 Å². The van der Waals surface area contributed by atoms with Crippen molar-refractivity contribution in [2.24, 2.45) is 0 Å². The molecule has 0 N–H and O–H groups in total. The lowest BCUT2D eigenvalue weighted by molar-refractivity contribution is -0.142. The number of carbonyl (C=O) groups is 3. The predicted molar refractivity (Wildman–Crippen MR) is 61.3 cm³/mol. The Labute approximate surface area is 101 Å². The average molecular weight is 242 g/mol. The molecule has 0 aromatic heterocycles. The Balaban J connectivity index is 4.89. The van der Waals surface area contributed by atoms with Gasteiger partial charge in [0.2, 0.25) is 0 Å². The Morgan fingerprint density at radius 3 is 2.06 bits per heavy atom. The molecule has 0 saturated carbocycles. The van der Waals surface area contributed by atoms with Gasteiger partial charge >= 0.3 is 11.9 Å². The van der Waals surface area contributed by atoms with Gasteiger partial charge in [-0.2, -0.15) is 0 Å². The molecule has 0 fully saturated rings. The molecular formula is C12H18O5. The third-order valence-corrected chi connectivity index (χ3v) is 1.82. The fraction of sp³-hybridized carbons (Fsp3) is 0.583. The maximum atomic E-state index is 11.6. The standard InChI is InChI=1S/C12H18O5/c1-4-7-10(13)9(12(15)17-6-3)8-11(14)16-5-2/h8H,4-7H2,1-3H3/b9-8+. The second-order valence-corrected chi connectivity index (χ2v) is 3.20. The van der Waals surface area contributed by atoms with Crippen LogP contribution in [-0.2, 0) is 23.9 Å². The van der Waals surface area contributed by atoms with Gasteiger partial charge in [-0.05, 0) is 20.3 Å². The number of hydrogen-bond acceptors (Lipinski definition) is 5. The third-order valence-electron chi connectivity index (χ3n) is 1.82. The number of rotatable bonds is 7. The van der Waals surface area contributed by atoms with Crippen LogP contribution in [0.1, 0.15) is 33.6 Å². The van der Waals surface area contributed by atoms with E-state index in [1.54, 1.807) is 13.8 Å². The minimum atomic E-state index is -0.779. The number of hydrogen-bond donors (Lipinski definition) is 0. The first-order chi connectivity index (χ1) is 8.06. The predicted octanol–water partition coefficient (Wildman–Crippen LogP) is 1.41. The second-order valence-electron chi connectivity index (χ2n) is 3.20. The lowest BCUT2D eigenvalue weighted by atomic mass is 10.1. The molecule has 5 heteroatoms. The minimum absolute atomic E-state index is 0.151. The Morgan fingerprint density at radius 1 is 1.00 bits per heavy atom. The van der Waals surface area contributed by atoms with E-state index in [2.05, 4.69) is 4.74 Å². The molecule has 0 radical (unpaired) electrons. The van der Waals surface area contributed by atoms with Crippen LogP contribution in [-0.4, -0.2) is 30.9 Å². The first kappa shape index (κ1) is 15.3. The second kappa shape index (κ2) is 8.50. The van der Waals surface area contributed by atoms with Crippen LogP contribution < -0.4 is 0 Å². The summed E-state index contributed by atoms with van der Waals surface area (Å²) in [6.07, 6.45) is 1.70. The summed E-state index contributed by atoms with van der Waals surface area (Å²) in [5, 5.41) is 0. The van der Waals surface area contributed by atoms with Crippen molar-refractivity contribution in [3.8, 4) is 0 Å². The highest BCUT2D eigenvalue weighted by atomic mass is 16.5. The third kappa shape index (κ3) is 5.85. The molecule has 0 heterocycles. The molecule has 5 nitrogen and oxygen atoms in total.